The molecule has 0 spiro atoms. The van der Waals surface area contributed by atoms with Crippen LogP contribution in [-0.2, 0) is 13.5 Å². The third-order valence-corrected chi connectivity index (χ3v) is 6.40. The maximum Gasteiger partial charge on any atom is 0.0596 e. The Hall–Kier alpha value is -0.130. The van der Waals surface area contributed by atoms with Crippen LogP contribution in [0.1, 0.15) is 24.7 Å². The van der Waals surface area contributed by atoms with Crippen molar-refractivity contribution in [1.82, 2.24) is 15.1 Å². The van der Waals surface area contributed by atoms with Gasteiger partial charge in [-0.05, 0) is 26.0 Å². The van der Waals surface area contributed by atoms with E-state index in [2.05, 4.69) is 60.9 Å². The van der Waals surface area contributed by atoms with E-state index < -0.39 is 0 Å². The Morgan fingerprint density at radius 3 is 2.95 bits per heavy atom. The summed E-state index contributed by atoms with van der Waals surface area (Å²) >= 11 is 4.24. The SMILES string of the molecule is CCCNC(Cc1cc(C)nn1C)C1CSCCS1. The van der Waals surface area contributed by atoms with Crippen LogP contribution < -0.4 is 5.32 Å². The molecule has 1 aliphatic heterocycles. The summed E-state index contributed by atoms with van der Waals surface area (Å²) in [6.07, 6.45) is 2.29. The molecule has 3 nitrogen and oxygen atoms in total. The number of hydrogen-bond donors (Lipinski definition) is 1. The molecule has 1 aromatic rings. The maximum absolute atomic E-state index is 4.47. The monoisotopic (exact) mass is 299 g/mol. The molecule has 0 aliphatic carbocycles. The molecule has 0 aromatic carbocycles. The Kier molecular flexibility index (Phi) is 6.10. The number of thioether (sulfide) groups is 2. The van der Waals surface area contributed by atoms with Gasteiger partial charge in [0, 0.05) is 47.7 Å². The molecule has 5 heteroatoms. The lowest BCUT2D eigenvalue weighted by atomic mass is 10.1. The first-order valence-corrected chi connectivity index (χ1v) is 9.33. The van der Waals surface area contributed by atoms with Crippen LogP contribution in [-0.4, -0.2) is 44.9 Å². The van der Waals surface area contributed by atoms with Crippen LogP contribution in [0.2, 0.25) is 0 Å². The number of aromatic nitrogens is 2. The summed E-state index contributed by atoms with van der Waals surface area (Å²) in [4.78, 5) is 0. The van der Waals surface area contributed by atoms with Crippen LogP contribution in [0.4, 0.5) is 0 Å². The summed E-state index contributed by atoms with van der Waals surface area (Å²) in [6, 6.07) is 2.80. The fraction of sp³-hybridized carbons (Fsp3) is 0.786. The zero-order chi connectivity index (χ0) is 13.7. The molecule has 1 saturated heterocycles. The van der Waals surface area contributed by atoms with E-state index in [0.717, 1.165) is 23.9 Å². The average molecular weight is 300 g/mol. The minimum Gasteiger partial charge on any atom is -0.312 e. The smallest absolute Gasteiger partial charge is 0.0596 e. The van der Waals surface area contributed by atoms with Crippen LogP contribution in [0.25, 0.3) is 0 Å². The van der Waals surface area contributed by atoms with Crippen molar-refractivity contribution in [2.45, 2.75) is 38.0 Å². The van der Waals surface area contributed by atoms with Crippen LogP contribution in [0, 0.1) is 6.92 Å². The van der Waals surface area contributed by atoms with Crippen LogP contribution in [0.15, 0.2) is 6.07 Å². The summed E-state index contributed by atoms with van der Waals surface area (Å²) in [6.45, 7) is 5.42. The van der Waals surface area contributed by atoms with Gasteiger partial charge in [0.15, 0.2) is 0 Å². The second-order valence-corrected chi connectivity index (χ2v) is 7.65. The van der Waals surface area contributed by atoms with Crippen molar-refractivity contribution in [3.63, 3.8) is 0 Å². The lowest BCUT2D eigenvalue weighted by Gasteiger charge is -2.30. The zero-order valence-corrected chi connectivity index (χ0v) is 13.8. The quantitative estimate of drug-likeness (QED) is 0.874. The summed E-state index contributed by atoms with van der Waals surface area (Å²) in [5.41, 5.74) is 2.47. The summed E-state index contributed by atoms with van der Waals surface area (Å²) in [5, 5.41) is 8.95. The Bertz CT molecular complexity index is 386. The van der Waals surface area contributed by atoms with Crippen molar-refractivity contribution >= 4 is 23.5 Å². The normalized spacial score (nSPS) is 21.5. The van der Waals surface area contributed by atoms with E-state index >= 15 is 0 Å². The molecule has 1 N–H and O–H groups in total. The second-order valence-electron chi connectivity index (χ2n) is 5.15. The van der Waals surface area contributed by atoms with Crippen LogP contribution >= 0.6 is 23.5 Å². The molecule has 2 atom stereocenters. The van der Waals surface area contributed by atoms with E-state index in [1.165, 1.54) is 29.4 Å². The molecule has 1 fully saturated rings. The number of nitrogens with zero attached hydrogens (tertiary/aromatic N) is 2. The highest BCUT2D eigenvalue weighted by atomic mass is 32.2. The predicted octanol–water partition coefficient (Wildman–Crippen LogP) is 2.49. The van der Waals surface area contributed by atoms with E-state index in [0.29, 0.717) is 6.04 Å². The number of nitrogens with one attached hydrogen (secondary N) is 1. The van der Waals surface area contributed by atoms with Gasteiger partial charge in [-0.1, -0.05) is 6.92 Å². The van der Waals surface area contributed by atoms with E-state index in [1.807, 2.05) is 4.68 Å². The number of rotatable bonds is 6. The largest absolute Gasteiger partial charge is 0.312 e. The van der Waals surface area contributed by atoms with Gasteiger partial charge in [-0.3, -0.25) is 4.68 Å². The first kappa shape index (κ1) is 15.3. The third kappa shape index (κ3) is 4.43. The molecule has 2 heterocycles. The minimum absolute atomic E-state index is 0.576. The molecule has 0 bridgehead atoms. The Morgan fingerprint density at radius 1 is 1.53 bits per heavy atom. The van der Waals surface area contributed by atoms with Crippen molar-refractivity contribution in [3.8, 4) is 0 Å². The topological polar surface area (TPSA) is 29.9 Å². The van der Waals surface area contributed by atoms with Gasteiger partial charge in [0.05, 0.1) is 5.69 Å². The lowest BCUT2D eigenvalue weighted by molar-refractivity contribution is 0.491. The molecule has 108 valence electrons. The van der Waals surface area contributed by atoms with Crippen molar-refractivity contribution < 1.29 is 0 Å². The van der Waals surface area contributed by atoms with E-state index in [9.17, 15) is 0 Å². The van der Waals surface area contributed by atoms with E-state index in [1.54, 1.807) is 0 Å². The average Bonchev–Trinajstić information content (AvgIpc) is 2.73. The summed E-state index contributed by atoms with van der Waals surface area (Å²) in [7, 11) is 2.06. The Morgan fingerprint density at radius 2 is 2.37 bits per heavy atom. The van der Waals surface area contributed by atoms with Gasteiger partial charge < -0.3 is 5.32 Å². The maximum atomic E-state index is 4.47. The molecule has 1 aliphatic rings. The summed E-state index contributed by atoms with van der Waals surface area (Å²) < 4.78 is 2.04. The van der Waals surface area contributed by atoms with Crippen molar-refractivity contribution in [1.29, 1.82) is 0 Å². The molecule has 2 rings (SSSR count). The fourth-order valence-corrected chi connectivity index (χ4v) is 5.37. The first-order valence-electron chi connectivity index (χ1n) is 7.13. The molecule has 1 aromatic heterocycles. The van der Waals surface area contributed by atoms with Crippen LogP contribution in [0.3, 0.4) is 0 Å². The summed E-state index contributed by atoms with van der Waals surface area (Å²) in [5.74, 6) is 3.89. The highest BCUT2D eigenvalue weighted by Crippen LogP contribution is 2.28. The van der Waals surface area contributed by atoms with Crippen molar-refractivity contribution in [2.24, 2.45) is 7.05 Å². The molecule has 0 saturated carbocycles. The Labute approximate surface area is 125 Å². The van der Waals surface area contributed by atoms with E-state index in [-0.39, 0.29) is 0 Å². The fourth-order valence-electron chi connectivity index (χ4n) is 2.48. The highest BCUT2D eigenvalue weighted by Gasteiger charge is 2.25. The molecule has 0 radical (unpaired) electrons. The van der Waals surface area contributed by atoms with Gasteiger partial charge in [0.1, 0.15) is 0 Å². The van der Waals surface area contributed by atoms with Crippen molar-refractivity contribution in [3.05, 3.63) is 17.5 Å². The molecule has 2 unspecified atom stereocenters. The highest BCUT2D eigenvalue weighted by molar-refractivity contribution is 8.06. The van der Waals surface area contributed by atoms with Crippen molar-refractivity contribution in [2.75, 3.05) is 23.8 Å². The van der Waals surface area contributed by atoms with Gasteiger partial charge >= 0.3 is 0 Å². The van der Waals surface area contributed by atoms with Gasteiger partial charge in [0.25, 0.3) is 0 Å². The molecule has 19 heavy (non-hydrogen) atoms. The van der Waals surface area contributed by atoms with Gasteiger partial charge in [-0.25, -0.2) is 0 Å². The second kappa shape index (κ2) is 7.60. The predicted molar refractivity (Wildman–Crippen MR) is 87.3 cm³/mol. The minimum atomic E-state index is 0.576. The number of aryl methyl sites for hydroxylation is 2. The van der Waals surface area contributed by atoms with Gasteiger partial charge in [-0.15, -0.1) is 0 Å². The standard InChI is InChI=1S/C14H25N3S2/c1-4-5-15-13(14-10-18-6-7-19-14)9-12-8-11(2)16-17(12)3/h8,13-15H,4-7,9-10H2,1-3H3. The molecular formula is C14H25N3S2. The first-order chi connectivity index (χ1) is 9.20. The third-order valence-electron chi connectivity index (χ3n) is 3.47. The van der Waals surface area contributed by atoms with Gasteiger partial charge in [-0.2, -0.15) is 28.6 Å². The molecule has 0 amide bonds. The molecular weight excluding hydrogens is 274 g/mol. The zero-order valence-electron chi connectivity index (χ0n) is 12.2. The van der Waals surface area contributed by atoms with E-state index in [4.69, 9.17) is 0 Å². The van der Waals surface area contributed by atoms with Crippen LogP contribution in [0.5, 0.6) is 0 Å². The number of hydrogen-bond acceptors (Lipinski definition) is 4. The van der Waals surface area contributed by atoms with Gasteiger partial charge in [0.2, 0.25) is 0 Å². The Balaban J connectivity index is 2.01. The lowest BCUT2D eigenvalue weighted by Crippen LogP contribution is -2.43.